The molecule has 0 aromatic carbocycles. The Morgan fingerprint density at radius 3 is 3.07 bits per heavy atom. The molecule has 0 aliphatic heterocycles. The highest BCUT2D eigenvalue weighted by Crippen LogP contribution is 2.12. The van der Waals surface area contributed by atoms with E-state index in [0.717, 1.165) is 0 Å². The number of aliphatic hydroxyl groups is 1. The molecular weight excluding hydrogens is 248 g/mol. The smallest absolute Gasteiger partial charge is 0.271 e. The van der Waals surface area contributed by atoms with Gasteiger partial charge in [-0.2, -0.15) is 0 Å². The predicted molar refractivity (Wildman–Crippen MR) is 56.0 cm³/mol. The van der Waals surface area contributed by atoms with Crippen LogP contribution in [0.25, 0.3) is 0 Å². The van der Waals surface area contributed by atoms with Gasteiger partial charge in [0.2, 0.25) is 0 Å². The van der Waals surface area contributed by atoms with Crippen LogP contribution in [0, 0.1) is 0 Å². The van der Waals surface area contributed by atoms with Gasteiger partial charge in [0.1, 0.15) is 5.69 Å². The molecule has 1 atom stereocenters. The summed E-state index contributed by atoms with van der Waals surface area (Å²) in [5.74, 6) is -0.293. The minimum atomic E-state index is -0.293. The first-order valence-electron chi connectivity index (χ1n) is 4.17. The number of carbonyl (C=O) groups is 1. The van der Waals surface area contributed by atoms with Crippen molar-refractivity contribution >= 4 is 21.8 Å². The zero-order valence-corrected chi connectivity index (χ0v) is 9.28. The molecule has 0 fully saturated rings. The summed E-state index contributed by atoms with van der Waals surface area (Å²) >= 11 is 3.22. The third-order valence-corrected chi connectivity index (χ3v) is 2.26. The molecule has 0 aliphatic carbocycles. The van der Waals surface area contributed by atoms with Gasteiger partial charge in [-0.1, -0.05) is 0 Å². The maximum absolute atomic E-state index is 11.5. The summed E-state index contributed by atoms with van der Waals surface area (Å²) in [5, 5.41) is 11.4. The Kier molecular flexibility index (Phi) is 4.03. The number of aromatic nitrogens is 1. The molecule has 5 heteroatoms. The van der Waals surface area contributed by atoms with E-state index in [1.54, 1.807) is 25.3 Å². The summed E-state index contributed by atoms with van der Waals surface area (Å²) in [6, 6.07) is 3.21. The van der Waals surface area contributed by atoms with Crippen LogP contribution in [0.1, 0.15) is 17.4 Å². The molecule has 76 valence electrons. The van der Waals surface area contributed by atoms with Gasteiger partial charge in [-0.15, -0.1) is 0 Å². The average Bonchev–Trinajstić information content (AvgIpc) is 2.18. The molecule has 1 rings (SSSR count). The molecule has 14 heavy (non-hydrogen) atoms. The summed E-state index contributed by atoms with van der Waals surface area (Å²) in [7, 11) is 0. The monoisotopic (exact) mass is 258 g/mol. The van der Waals surface area contributed by atoms with Crippen molar-refractivity contribution in [3.8, 4) is 0 Å². The second-order valence-electron chi connectivity index (χ2n) is 2.89. The highest BCUT2D eigenvalue weighted by molar-refractivity contribution is 9.10. The Balaban J connectivity index is 2.75. The number of carbonyl (C=O) groups excluding carboxylic acids is 1. The van der Waals surface area contributed by atoms with Crippen LogP contribution in [0.15, 0.2) is 22.8 Å². The number of nitrogens with zero attached hydrogens (tertiary/aromatic N) is 1. The molecular formula is C9H11BrN2O2. The molecule has 1 aromatic rings. The number of rotatable bonds is 3. The number of pyridine rings is 1. The highest BCUT2D eigenvalue weighted by Gasteiger charge is 2.12. The number of hydrogen-bond acceptors (Lipinski definition) is 3. The number of halogens is 1. The number of aliphatic hydroxyl groups excluding tert-OH is 1. The van der Waals surface area contributed by atoms with E-state index in [0.29, 0.717) is 10.2 Å². The number of amides is 1. The Hall–Kier alpha value is -0.940. The van der Waals surface area contributed by atoms with Crippen LogP contribution in [-0.2, 0) is 0 Å². The third-order valence-electron chi connectivity index (χ3n) is 1.62. The Morgan fingerprint density at radius 1 is 1.79 bits per heavy atom. The lowest BCUT2D eigenvalue weighted by Crippen LogP contribution is -2.35. The molecule has 0 aliphatic rings. The molecule has 2 N–H and O–H groups in total. The van der Waals surface area contributed by atoms with Crippen LogP contribution >= 0.6 is 15.9 Å². The SMILES string of the molecule is C[C@H](CO)NC(=O)c1ncccc1Br. The molecule has 4 nitrogen and oxygen atoms in total. The minimum Gasteiger partial charge on any atom is -0.394 e. The second kappa shape index (κ2) is 5.07. The molecule has 0 spiro atoms. The lowest BCUT2D eigenvalue weighted by Gasteiger charge is -2.10. The van der Waals surface area contributed by atoms with Gasteiger partial charge in [0, 0.05) is 16.7 Å². The van der Waals surface area contributed by atoms with Crippen LogP contribution in [0.2, 0.25) is 0 Å². The predicted octanol–water partition coefficient (Wildman–Crippen LogP) is 0.955. The highest BCUT2D eigenvalue weighted by atomic mass is 79.9. The zero-order valence-electron chi connectivity index (χ0n) is 7.70. The van der Waals surface area contributed by atoms with Gasteiger partial charge >= 0.3 is 0 Å². The van der Waals surface area contributed by atoms with E-state index >= 15 is 0 Å². The zero-order chi connectivity index (χ0) is 10.6. The fraction of sp³-hybridized carbons (Fsp3) is 0.333. The van der Waals surface area contributed by atoms with Gasteiger partial charge in [0.25, 0.3) is 5.91 Å². The van der Waals surface area contributed by atoms with Crippen molar-refractivity contribution in [2.24, 2.45) is 0 Å². The first kappa shape index (κ1) is 11.1. The Morgan fingerprint density at radius 2 is 2.50 bits per heavy atom. The van der Waals surface area contributed by atoms with Gasteiger partial charge < -0.3 is 10.4 Å². The molecule has 1 heterocycles. The summed E-state index contributed by atoms with van der Waals surface area (Å²) < 4.78 is 0.641. The summed E-state index contributed by atoms with van der Waals surface area (Å²) in [6.45, 7) is 1.63. The van der Waals surface area contributed by atoms with Gasteiger partial charge in [-0.25, -0.2) is 4.98 Å². The molecule has 1 amide bonds. The first-order valence-corrected chi connectivity index (χ1v) is 4.96. The van der Waals surface area contributed by atoms with Crippen molar-refractivity contribution in [1.29, 1.82) is 0 Å². The van der Waals surface area contributed by atoms with E-state index in [4.69, 9.17) is 5.11 Å². The van der Waals surface area contributed by atoms with E-state index in [9.17, 15) is 4.79 Å². The van der Waals surface area contributed by atoms with Crippen LogP contribution in [0.5, 0.6) is 0 Å². The maximum atomic E-state index is 11.5. The standard InChI is InChI=1S/C9H11BrN2O2/c1-6(5-13)12-9(14)8-7(10)3-2-4-11-8/h2-4,6,13H,5H2,1H3,(H,12,14)/t6-/m1/s1. The lowest BCUT2D eigenvalue weighted by atomic mass is 10.3. The quantitative estimate of drug-likeness (QED) is 0.849. The average molecular weight is 259 g/mol. The van der Waals surface area contributed by atoms with E-state index in [2.05, 4.69) is 26.2 Å². The maximum Gasteiger partial charge on any atom is 0.271 e. The number of nitrogens with one attached hydrogen (secondary N) is 1. The fourth-order valence-corrected chi connectivity index (χ4v) is 1.33. The molecule has 1 aromatic heterocycles. The van der Waals surface area contributed by atoms with Gasteiger partial charge in [0.05, 0.1) is 6.61 Å². The van der Waals surface area contributed by atoms with Crippen molar-refractivity contribution in [1.82, 2.24) is 10.3 Å². The van der Waals surface area contributed by atoms with E-state index in [1.807, 2.05) is 0 Å². The van der Waals surface area contributed by atoms with E-state index < -0.39 is 0 Å². The minimum absolute atomic E-state index is 0.0871. The van der Waals surface area contributed by atoms with Crippen LogP contribution in [-0.4, -0.2) is 28.6 Å². The molecule has 0 saturated carbocycles. The Bertz CT molecular complexity index is 330. The van der Waals surface area contributed by atoms with Crippen LogP contribution in [0.3, 0.4) is 0 Å². The van der Waals surface area contributed by atoms with E-state index in [1.165, 1.54) is 0 Å². The first-order chi connectivity index (χ1) is 6.65. The van der Waals surface area contributed by atoms with Gasteiger partial charge in [0.15, 0.2) is 0 Å². The second-order valence-corrected chi connectivity index (χ2v) is 3.75. The summed E-state index contributed by atoms with van der Waals surface area (Å²) in [4.78, 5) is 15.4. The van der Waals surface area contributed by atoms with Crippen LogP contribution < -0.4 is 5.32 Å². The normalized spacial score (nSPS) is 12.2. The lowest BCUT2D eigenvalue weighted by molar-refractivity contribution is 0.0916. The molecule has 0 unspecified atom stereocenters. The largest absolute Gasteiger partial charge is 0.394 e. The Labute approximate surface area is 90.5 Å². The number of hydrogen-bond donors (Lipinski definition) is 2. The topological polar surface area (TPSA) is 62.2 Å². The fourth-order valence-electron chi connectivity index (χ4n) is 0.891. The van der Waals surface area contributed by atoms with Crippen molar-refractivity contribution in [2.45, 2.75) is 13.0 Å². The van der Waals surface area contributed by atoms with Gasteiger partial charge in [-0.05, 0) is 35.0 Å². The van der Waals surface area contributed by atoms with Crippen molar-refractivity contribution < 1.29 is 9.90 Å². The molecule has 0 saturated heterocycles. The van der Waals surface area contributed by atoms with Crippen LogP contribution in [0.4, 0.5) is 0 Å². The summed E-state index contributed by atoms with van der Waals surface area (Å²) in [5.41, 5.74) is 0.327. The third kappa shape index (κ3) is 2.78. The molecule has 0 radical (unpaired) electrons. The van der Waals surface area contributed by atoms with Crippen molar-refractivity contribution in [3.05, 3.63) is 28.5 Å². The molecule has 0 bridgehead atoms. The van der Waals surface area contributed by atoms with E-state index in [-0.39, 0.29) is 18.6 Å². The van der Waals surface area contributed by atoms with Crippen molar-refractivity contribution in [2.75, 3.05) is 6.61 Å². The van der Waals surface area contributed by atoms with Crippen molar-refractivity contribution in [3.63, 3.8) is 0 Å². The summed E-state index contributed by atoms with van der Waals surface area (Å²) in [6.07, 6.45) is 1.54. The van der Waals surface area contributed by atoms with Gasteiger partial charge in [-0.3, -0.25) is 4.79 Å².